The van der Waals surface area contributed by atoms with Crippen molar-refractivity contribution in [2.75, 3.05) is 32.6 Å². The monoisotopic (exact) mass is 608 g/mol. The van der Waals surface area contributed by atoms with E-state index in [1.165, 1.54) is 25.3 Å². The highest BCUT2D eigenvalue weighted by Gasteiger charge is 2.48. The maximum absolute atomic E-state index is 14.0. The lowest BCUT2D eigenvalue weighted by atomic mass is 9.65. The molecule has 0 spiro atoms. The third-order valence-corrected chi connectivity index (χ3v) is 8.48. The van der Waals surface area contributed by atoms with Crippen LogP contribution in [-0.4, -0.2) is 55.7 Å². The number of aryl methyl sites for hydroxylation is 1. The fourth-order valence-electron chi connectivity index (χ4n) is 6.16. The van der Waals surface area contributed by atoms with Crippen LogP contribution in [0.3, 0.4) is 0 Å². The van der Waals surface area contributed by atoms with Gasteiger partial charge in [-0.05, 0) is 93.1 Å². The first-order valence-corrected chi connectivity index (χ1v) is 14.9. The highest BCUT2D eigenvalue weighted by Crippen LogP contribution is 2.48. The number of halogens is 4. The number of hydrogen-bond donors (Lipinski definition) is 1. The van der Waals surface area contributed by atoms with Crippen LogP contribution < -0.4 is 5.32 Å². The number of rotatable bonds is 14. The van der Waals surface area contributed by atoms with Crippen LogP contribution in [0.4, 0.5) is 23.2 Å². The zero-order valence-corrected chi connectivity index (χ0v) is 25.7. The molecule has 2 aromatic carbocycles. The van der Waals surface area contributed by atoms with Gasteiger partial charge in [-0.3, -0.25) is 4.79 Å². The summed E-state index contributed by atoms with van der Waals surface area (Å²) in [6.45, 7) is 6.85. The minimum atomic E-state index is -4.42. The van der Waals surface area contributed by atoms with Crippen LogP contribution in [0, 0.1) is 11.7 Å². The summed E-state index contributed by atoms with van der Waals surface area (Å²) in [6.07, 6.45) is -0.0389. The van der Waals surface area contributed by atoms with Crippen LogP contribution in [0.2, 0.25) is 0 Å². The van der Waals surface area contributed by atoms with Gasteiger partial charge in [0.25, 0.3) is 0 Å². The number of amides is 1. The quantitative estimate of drug-likeness (QED) is 0.138. The molecule has 0 radical (unpaired) electrons. The summed E-state index contributed by atoms with van der Waals surface area (Å²) in [6, 6.07) is 9.49. The number of nitrogens with one attached hydrogen (secondary N) is 1. The predicted octanol–water partition coefficient (Wildman–Crippen LogP) is 7.37. The number of unbranched alkanes of at least 4 members (excludes halogenated alkanes) is 1. The molecule has 6 nitrogen and oxygen atoms in total. The Hall–Kier alpha value is -2.98. The Morgan fingerprint density at radius 1 is 1.09 bits per heavy atom. The lowest BCUT2D eigenvalue weighted by Crippen LogP contribution is -2.49. The van der Waals surface area contributed by atoms with Gasteiger partial charge in [0.05, 0.1) is 5.56 Å². The van der Waals surface area contributed by atoms with Crippen LogP contribution in [0.5, 0.6) is 0 Å². The number of anilines is 1. The maximum atomic E-state index is 14.0. The van der Waals surface area contributed by atoms with Gasteiger partial charge in [0.1, 0.15) is 18.0 Å². The number of methoxy groups -OCH3 is 1. The van der Waals surface area contributed by atoms with E-state index in [0.717, 1.165) is 36.1 Å². The van der Waals surface area contributed by atoms with Crippen LogP contribution >= 0.6 is 0 Å². The van der Waals surface area contributed by atoms with Gasteiger partial charge in [-0.25, -0.2) is 9.18 Å². The minimum Gasteiger partial charge on any atom is -0.457 e. The second-order valence-corrected chi connectivity index (χ2v) is 12.0. The van der Waals surface area contributed by atoms with E-state index < -0.39 is 23.3 Å². The van der Waals surface area contributed by atoms with E-state index >= 15 is 0 Å². The Morgan fingerprint density at radius 3 is 2.42 bits per heavy atom. The molecule has 1 aliphatic carbocycles. The van der Waals surface area contributed by atoms with E-state index in [1.807, 2.05) is 13.1 Å². The predicted molar refractivity (Wildman–Crippen MR) is 158 cm³/mol. The zero-order valence-electron chi connectivity index (χ0n) is 25.7. The summed E-state index contributed by atoms with van der Waals surface area (Å²) in [5.74, 6) is -0.863. The highest BCUT2D eigenvalue weighted by atomic mass is 19.4. The van der Waals surface area contributed by atoms with Crippen LogP contribution in [0.1, 0.15) is 81.9 Å². The average Bonchev–Trinajstić information content (AvgIpc) is 2.93. The summed E-state index contributed by atoms with van der Waals surface area (Å²) >= 11 is 0. The van der Waals surface area contributed by atoms with Crippen molar-refractivity contribution in [3.63, 3.8) is 0 Å². The molecule has 0 fully saturated rings. The molecule has 43 heavy (non-hydrogen) atoms. The molecular formula is C33H44F4N2O4. The van der Waals surface area contributed by atoms with E-state index in [1.54, 1.807) is 6.07 Å². The zero-order chi connectivity index (χ0) is 31.8. The van der Waals surface area contributed by atoms with Crippen LogP contribution in [-0.2, 0) is 31.7 Å². The molecule has 0 heterocycles. The van der Waals surface area contributed by atoms with Gasteiger partial charge in [-0.2, -0.15) is 13.2 Å². The van der Waals surface area contributed by atoms with E-state index in [-0.39, 0.29) is 42.6 Å². The third-order valence-electron chi connectivity index (χ3n) is 8.48. The molecule has 1 N–H and O–H groups in total. The number of carbonyl (C=O) groups excluding carboxylic acids is 2. The summed E-state index contributed by atoms with van der Waals surface area (Å²) in [7, 11) is 3.49. The largest absolute Gasteiger partial charge is 0.457 e. The lowest BCUT2D eigenvalue weighted by Gasteiger charge is -2.47. The number of fused-ring (bicyclic) bond motifs is 1. The molecule has 2 aromatic rings. The smallest absolute Gasteiger partial charge is 0.416 e. The van der Waals surface area contributed by atoms with Crippen molar-refractivity contribution in [3.8, 4) is 0 Å². The Balaban J connectivity index is 1.55. The molecule has 1 amide bonds. The number of ether oxygens (including phenoxy) is 2. The van der Waals surface area contributed by atoms with Gasteiger partial charge in [0.15, 0.2) is 0 Å². The summed E-state index contributed by atoms with van der Waals surface area (Å²) in [5.41, 5.74) is 0.811. The maximum Gasteiger partial charge on any atom is 0.416 e. The second-order valence-electron chi connectivity index (χ2n) is 12.0. The first-order chi connectivity index (χ1) is 20.3. The molecule has 1 aliphatic rings. The fourth-order valence-corrected chi connectivity index (χ4v) is 6.16. The Kier molecular flexibility index (Phi) is 12.2. The first kappa shape index (κ1) is 34.5. The Bertz CT molecular complexity index is 1220. The molecule has 1 unspecified atom stereocenters. The molecule has 0 bridgehead atoms. The topological polar surface area (TPSA) is 67.9 Å². The Labute approximate surface area is 252 Å². The molecular weight excluding hydrogens is 564 g/mol. The number of hydrogen-bond acceptors (Lipinski definition) is 5. The van der Waals surface area contributed by atoms with E-state index in [4.69, 9.17) is 9.47 Å². The van der Waals surface area contributed by atoms with Gasteiger partial charge in [0, 0.05) is 44.1 Å². The van der Waals surface area contributed by atoms with Gasteiger partial charge in [-0.1, -0.05) is 26.3 Å². The van der Waals surface area contributed by atoms with Crippen molar-refractivity contribution in [3.05, 3.63) is 65.0 Å². The van der Waals surface area contributed by atoms with Gasteiger partial charge in [-0.15, -0.1) is 0 Å². The molecule has 0 saturated heterocycles. The van der Waals surface area contributed by atoms with Crippen molar-refractivity contribution < 1.29 is 36.6 Å². The SMILES string of the molecule is COCC(=O)O[C@@]1(CCN(C)C(C)CCCCC(=O)Nc2ccc(C(F)(F)F)cc2)CCc2cc(F)ccc2[C@H]1C(C)C. The molecule has 10 heteroatoms. The standard InChI is InChI=1S/C33H44F4N2O4/c1-22(2)31-28-15-12-26(34)20-24(28)16-17-32(31,43-30(41)21-42-5)18-19-39(4)23(3)8-6-7-9-29(40)38-27-13-10-25(11-14-27)33(35,36)37/h10-15,20,22-23,31H,6-9,16-19,21H2,1-5H3,(H,38,40)/t23?,31-,32-/m1/s1. The number of benzene rings is 2. The van der Waals surface area contributed by atoms with Crippen molar-refractivity contribution in [1.82, 2.24) is 4.90 Å². The average molecular weight is 609 g/mol. The highest BCUT2D eigenvalue weighted by molar-refractivity contribution is 5.90. The molecule has 3 atom stereocenters. The van der Waals surface area contributed by atoms with Crippen molar-refractivity contribution in [2.45, 2.75) is 89.5 Å². The number of esters is 1. The molecule has 3 rings (SSSR count). The summed E-state index contributed by atoms with van der Waals surface area (Å²) in [4.78, 5) is 27.3. The van der Waals surface area contributed by atoms with Gasteiger partial charge < -0.3 is 19.7 Å². The fraction of sp³-hybridized carbons (Fsp3) is 0.576. The van der Waals surface area contributed by atoms with Gasteiger partial charge >= 0.3 is 12.1 Å². The van der Waals surface area contributed by atoms with E-state index in [2.05, 4.69) is 31.0 Å². The molecule has 0 saturated carbocycles. The number of alkyl halides is 3. The van der Waals surface area contributed by atoms with Crippen molar-refractivity contribution in [1.29, 1.82) is 0 Å². The number of carbonyl (C=O) groups is 2. The summed E-state index contributed by atoms with van der Waals surface area (Å²) in [5, 5.41) is 2.65. The van der Waals surface area contributed by atoms with E-state index in [0.29, 0.717) is 37.9 Å². The van der Waals surface area contributed by atoms with Crippen molar-refractivity contribution in [2.24, 2.45) is 5.92 Å². The normalized spacial score (nSPS) is 19.3. The molecule has 0 aliphatic heterocycles. The molecule has 238 valence electrons. The summed E-state index contributed by atoms with van der Waals surface area (Å²) < 4.78 is 63.5. The lowest BCUT2D eigenvalue weighted by molar-refractivity contribution is -0.172. The number of nitrogens with zero attached hydrogens (tertiary/aromatic N) is 1. The van der Waals surface area contributed by atoms with Crippen molar-refractivity contribution >= 4 is 17.6 Å². The first-order valence-electron chi connectivity index (χ1n) is 14.9. The Morgan fingerprint density at radius 2 is 1.79 bits per heavy atom. The second kappa shape index (κ2) is 15.1. The van der Waals surface area contributed by atoms with E-state index in [9.17, 15) is 27.2 Å². The van der Waals surface area contributed by atoms with Crippen LogP contribution in [0.25, 0.3) is 0 Å². The minimum absolute atomic E-state index is 0.0930. The third kappa shape index (κ3) is 9.50. The van der Waals surface area contributed by atoms with Gasteiger partial charge in [0.2, 0.25) is 5.91 Å². The van der Waals surface area contributed by atoms with Crippen LogP contribution in [0.15, 0.2) is 42.5 Å². The molecule has 0 aromatic heterocycles.